The van der Waals surface area contributed by atoms with Gasteiger partial charge in [-0.2, -0.15) is 0 Å². The molecule has 1 aromatic heterocycles. The van der Waals surface area contributed by atoms with E-state index in [9.17, 15) is 9.59 Å². The van der Waals surface area contributed by atoms with Gasteiger partial charge in [-0.05, 0) is 18.9 Å². The Balaban J connectivity index is 1.96. The number of ether oxygens (including phenoxy) is 1. The summed E-state index contributed by atoms with van der Waals surface area (Å²) < 4.78 is 5.28. The van der Waals surface area contributed by atoms with Gasteiger partial charge in [-0.1, -0.05) is 24.3 Å². The molecule has 2 heterocycles. The average molecular weight is 324 g/mol. The van der Waals surface area contributed by atoms with Crippen LogP contribution in [-0.4, -0.2) is 36.0 Å². The minimum atomic E-state index is -0.395. The lowest BCUT2D eigenvalue weighted by atomic mass is 10.0. The first-order valence-corrected chi connectivity index (χ1v) is 7.45. The van der Waals surface area contributed by atoms with Gasteiger partial charge in [0.2, 0.25) is 11.8 Å². The van der Waals surface area contributed by atoms with Gasteiger partial charge in [-0.15, -0.1) is 0 Å². The van der Waals surface area contributed by atoms with Crippen LogP contribution < -0.4 is 15.4 Å². The second-order valence-electron chi connectivity index (χ2n) is 4.95. The molecule has 0 spiro atoms. The van der Waals surface area contributed by atoms with Crippen molar-refractivity contribution in [2.24, 2.45) is 0 Å². The number of halogens is 1. The lowest BCUT2D eigenvalue weighted by molar-refractivity contribution is -0.123. The minimum absolute atomic E-state index is 0.0153. The molecule has 1 saturated heterocycles. The SMILES string of the molecule is C=CCOc1ccc(Cl)c(C(=O)NC[C@H]2CCCC(=O)N2)n1. The predicted molar refractivity (Wildman–Crippen MR) is 83.1 cm³/mol. The molecule has 0 aliphatic carbocycles. The van der Waals surface area contributed by atoms with Crippen LogP contribution in [0, 0.1) is 0 Å². The Bertz CT molecular complexity index is 577. The minimum Gasteiger partial charge on any atom is -0.473 e. The van der Waals surface area contributed by atoms with Gasteiger partial charge in [0.25, 0.3) is 5.91 Å². The largest absolute Gasteiger partial charge is 0.473 e. The van der Waals surface area contributed by atoms with E-state index in [2.05, 4.69) is 22.2 Å². The van der Waals surface area contributed by atoms with Gasteiger partial charge in [0.1, 0.15) is 6.61 Å². The fourth-order valence-electron chi connectivity index (χ4n) is 2.14. The number of pyridine rings is 1. The Morgan fingerprint density at radius 3 is 3.14 bits per heavy atom. The maximum absolute atomic E-state index is 12.2. The van der Waals surface area contributed by atoms with Gasteiger partial charge in [-0.25, -0.2) is 4.98 Å². The molecular weight excluding hydrogens is 306 g/mol. The number of nitrogens with zero attached hydrogens (tertiary/aromatic N) is 1. The Morgan fingerprint density at radius 1 is 1.59 bits per heavy atom. The van der Waals surface area contributed by atoms with E-state index >= 15 is 0 Å². The molecule has 0 radical (unpaired) electrons. The summed E-state index contributed by atoms with van der Waals surface area (Å²) >= 11 is 6.00. The first-order valence-electron chi connectivity index (χ1n) is 7.08. The van der Waals surface area contributed by atoms with Crippen LogP contribution in [-0.2, 0) is 4.79 Å². The number of nitrogens with one attached hydrogen (secondary N) is 2. The molecule has 1 aliphatic rings. The molecule has 1 atom stereocenters. The molecule has 0 saturated carbocycles. The molecule has 1 aliphatic heterocycles. The summed E-state index contributed by atoms with van der Waals surface area (Å²) in [5.41, 5.74) is 0.102. The summed E-state index contributed by atoms with van der Waals surface area (Å²) in [5, 5.41) is 5.82. The third-order valence-electron chi connectivity index (χ3n) is 3.22. The number of hydrogen-bond acceptors (Lipinski definition) is 4. The highest BCUT2D eigenvalue weighted by Gasteiger charge is 2.20. The predicted octanol–water partition coefficient (Wildman–Crippen LogP) is 1.70. The van der Waals surface area contributed by atoms with Crippen molar-refractivity contribution in [3.8, 4) is 5.88 Å². The molecule has 2 rings (SSSR count). The molecule has 22 heavy (non-hydrogen) atoms. The van der Waals surface area contributed by atoms with Gasteiger partial charge < -0.3 is 15.4 Å². The maximum atomic E-state index is 12.2. The van der Waals surface area contributed by atoms with Gasteiger partial charge in [0, 0.05) is 25.1 Å². The van der Waals surface area contributed by atoms with Crippen molar-refractivity contribution in [3.63, 3.8) is 0 Å². The topological polar surface area (TPSA) is 80.3 Å². The van der Waals surface area contributed by atoms with Gasteiger partial charge in [0.05, 0.1) is 5.02 Å². The van der Waals surface area contributed by atoms with Crippen LogP contribution in [0.1, 0.15) is 29.8 Å². The molecule has 2 amide bonds. The van der Waals surface area contributed by atoms with Crippen LogP contribution in [0.5, 0.6) is 5.88 Å². The highest BCUT2D eigenvalue weighted by molar-refractivity contribution is 6.33. The standard InChI is InChI=1S/C15H18ClN3O3/c1-2-8-22-13-7-6-11(16)14(19-13)15(21)17-9-10-4-3-5-12(20)18-10/h2,6-7,10H,1,3-5,8-9H2,(H,17,21)(H,18,20)/t10-/m1/s1. The average Bonchev–Trinajstić information content (AvgIpc) is 2.52. The van der Waals surface area contributed by atoms with Crippen LogP contribution in [0.4, 0.5) is 0 Å². The fraction of sp³-hybridized carbons (Fsp3) is 0.400. The van der Waals surface area contributed by atoms with E-state index in [-0.39, 0.29) is 22.7 Å². The third kappa shape index (κ3) is 4.46. The van der Waals surface area contributed by atoms with Crippen LogP contribution in [0.15, 0.2) is 24.8 Å². The first kappa shape index (κ1) is 16.3. The molecule has 118 valence electrons. The van der Waals surface area contributed by atoms with Crippen LogP contribution in [0.2, 0.25) is 5.02 Å². The monoisotopic (exact) mass is 323 g/mol. The molecule has 2 N–H and O–H groups in total. The lowest BCUT2D eigenvalue weighted by Crippen LogP contribution is -2.46. The zero-order valence-corrected chi connectivity index (χ0v) is 12.9. The van der Waals surface area contributed by atoms with Crippen molar-refractivity contribution in [3.05, 3.63) is 35.5 Å². The number of carbonyl (C=O) groups is 2. The Labute approximate surface area is 133 Å². The molecule has 0 unspecified atom stereocenters. The summed E-state index contributed by atoms with van der Waals surface area (Å²) in [6.45, 7) is 4.19. The van der Waals surface area contributed by atoms with Gasteiger partial charge >= 0.3 is 0 Å². The second kappa shape index (κ2) is 7.79. The smallest absolute Gasteiger partial charge is 0.271 e. The summed E-state index contributed by atoms with van der Waals surface area (Å²) in [6.07, 6.45) is 3.80. The fourth-order valence-corrected chi connectivity index (χ4v) is 2.33. The Morgan fingerprint density at radius 2 is 2.41 bits per heavy atom. The van der Waals surface area contributed by atoms with E-state index < -0.39 is 5.91 Å². The maximum Gasteiger partial charge on any atom is 0.271 e. The molecule has 0 aromatic carbocycles. The Kier molecular flexibility index (Phi) is 5.77. The van der Waals surface area contributed by atoms with E-state index in [1.807, 2.05) is 0 Å². The Hall–Kier alpha value is -2.08. The zero-order chi connectivity index (χ0) is 15.9. The van der Waals surface area contributed by atoms with Crippen LogP contribution >= 0.6 is 11.6 Å². The van der Waals surface area contributed by atoms with E-state index in [1.54, 1.807) is 18.2 Å². The van der Waals surface area contributed by atoms with Crippen LogP contribution in [0.3, 0.4) is 0 Å². The summed E-state index contributed by atoms with van der Waals surface area (Å²) in [4.78, 5) is 27.6. The highest BCUT2D eigenvalue weighted by atomic mass is 35.5. The molecular formula is C15H18ClN3O3. The summed E-state index contributed by atoms with van der Waals surface area (Å²) in [5.74, 6) is -0.0734. The van der Waals surface area contributed by atoms with E-state index in [1.165, 1.54) is 0 Å². The number of hydrogen-bond donors (Lipinski definition) is 2. The van der Waals surface area contributed by atoms with Crippen LogP contribution in [0.25, 0.3) is 0 Å². The normalized spacial score (nSPS) is 17.5. The second-order valence-corrected chi connectivity index (χ2v) is 5.35. The molecule has 0 bridgehead atoms. The van der Waals surface area contributed by atoms with Gasteiger partial charge in [0.15, 0.2) is 5.69 Å². The van der Waals surface area contributed by atoms with Gasteiger partial charge in [-0.3, -0.25) is 9.59 Å². The van der Waals surface area contributed by atoms with E-state index in [4.69, 9.17) is 16.3 Å². The molecule has 1 fully saturated rings. The van der Waals surface area contributed by atoms with Crippen molar-refractivity contribution in [2.75, 3.05) is 13.2 Å². The quantitative estimate of drug-likeness (QED) is 0.781. The molecule has 7 heteroatoms. The number of carbonyl (C=O) groups excluding carboxylic acids is 2. The highest BCUT2D eigenvalue weighted by Crippen LogP contribution is 2.18. The lowest BCUT2D eigenvalue weighted by Gasteiger charge is -2.23. The zero-order valence-electron chi connectivity index (χ0n) is 12.1. The summed E-state index contributed by atoms with van der Waals surface area (Å²) in [7, 11) is 0. The number of piperidine rings is 1. The molecule has 6 nitrogen and oxygen atoms in total. The third-order valence-corrected chi connectivity index (χ3v) is 3.52. The van der Waals surface area contributed by atoms with Crippen molar-refractivity contribution in [1.29, 1.82) is 0 Å². The number of aromatic nitrogens is 1. The molecule has 1 aromatic rings. The first-order chi connectivity index (χ1) is 10.6. The van der Waals surface area contributed by atoms with E-state index in [0.29, 0.717) is 25.5 Å². The summed E-state index contributed by atoms with van der Waals surface area (Å²) in [6, 6.07) is 3.10. The van der Waals surface area contributed by atoms with Crippen molar-refractivity contribution < 1.29 is 14.3 Å². The van der Waals surface area contributed by atoms with Crippen molar-refractivity contribution in [1.82, 2.24) is 15.6 Å². The number of rotatable bonds is 6. The van der Waals surface area contributed by atoms with Crippen molar-refractivity contribution in [2.45, 2.75) is 25.3 Å². The van der Waals surface area contributed by atoms with Crippen molar-refractivity contribution >= 4 is 23.4 Å². The van der Waals surface area contributed by atoms with E-state index in [0.717, 1.165) is 12.8 Å². The number of amides is 2.